The van der Waals surface area contributed by atoms with E-state index < -0.39 is 17.6 Å². The minimum atomic E-state index is -4.58. The molecular weight excluding hydrogens is 471 g/mol. The molecule has 4 N–H and O–H groups in total. The third-order valence-corrected chi connectivity index (χ3v) is 5.37. The average molecular weight is 493 g/mol. The second-order valence-corrected chi connectivity index (χ2v) is 7.90. The lowest BCUT2D eigenvalue weighted by molar-refractivity contribution is -0.137. The molecule has 0 saturated heterocycles. The number of aromatic nitrogens is 1. The number of ether oxygens (including phenoxy) is 1. The molecule has 0 aliphatic rings. The normalized spacial score (nSPS) is 11.2. The molecule has 9 heteroatoms. The summed E-state index contributed by atoms with van der Waals surface area (Å²) in [6.45, 7) is 0.223. The van der Waals surface area contributed by atoms with Crippen molar-refractivity contribution in [2.24, 2.45) is 0 Å². The summed E-state index contributed by atoms with van der Waals surface area (Å²) in [5.74, 6) is 0.145. The first-order valence-corrected chi connectivity index (χ1v) is 11.0. The number of nitrogens with one attached hydrogen (secondary N) is 1. The van der Waals surface area contributed by atoms with E-state index in [0.29, 0.717) is 40.5 Å². The smallest absolute Gasteiger partial charge is 0.416 e. The maximum absolute atomic E-state index is 13.3. The summed E-state index contributed by atoms with van der Waals surface area (Å²) in [7, 11) is 0. The van der Waals surface area contributed by atoms with E-state index in [-0.39, 0.29) is 17.9 Å². The van der Waals surface area contributed by atoms with Crippen LogP contribution in [0.15, 0.2) is 84.9 Å². The van der Waals surface area contributed by atoms with Gasteiger partial charge in [0, 0.05) is 17.7 Å². The van der Waals surface area contributed by atoms with Crippen LogP contribution in [0.1, 0.15) is 21.6 Å². The number of halogens is 3. The van der Waals surface area contributed by atoms with Crippen molar-refractivity contribution >= 4 is 17.4 Å². The van der Waals surface area contributed by atoms with Crippen molar-refractivity contribution in [3.05, 3.63) is 102 Å². The fourth-order valence-corrected chi connectivity index (χ4v) is 3.57. The number of hydrogen-bond donors (Lipinski definition) is 3. The number of benzene rings is 3. The Morgan fingerprint density at radius 1 is 0.972 bits per heavy atom. The van der Waals surface area contributed by atoms with E-state index in [1.54, 1.807) is 54.6 Å². The second-order valence-electron chi connectivity index (χ2n) is 7.90. The van der Waals surface area contributed by atoms with Gasteiger partial charge in [0.05, 0.1) is 17.9 Å². The van der Waals surface area contributed by atoms with E-state index in [4.69, 9.17) is 10.5 Å². The molecule has 0 unspecified atom stereocenters. The molecule has 0 bridgehead atoms. The van der Waals surface area contributed by atoms with Crippen LogP contribution in [0.5, 0.6) is 11.5 Å². The molecule has 0 aliphatic heterocycles. The van der Waals surface area contributed by atoms with E-state index >= 15 is 0 Å². The zero-order valence-corrected chi connectivity index (χ0v) is 18.9. The standard InChI is InChI=1S/C27H22F3N3O3/c28-27(29,30)18-6-11-21(17-4-2-1-3-5-17)22(16-18)26(35)32-19-7-9-20(10-8-19)36-15-14-23-24(34)12-13-25(31)33-23/h1-13,16,34H,14-15H2,(H2,31,33)(H,32,35). The number of aromatic hydroxyl groups is 1. The van der Waals surface area contributed by atoms with Crippen LogP contribution in [-0.2, 0) is 12.6 Å². The summed E-state index contributed by atoms with van der Waals surface area (Å²) in [6.07, 6.45) is -4.26. The topological polar surface area (TPSA) is 97.5 Å². The van der Waals surface area contributed by atoms with Crippen LogP contribution < -0.4 is 15.8 Å². The number of pyridine rings is 1. The molecular formula is C27H22F3N3O3. The Hall–Kier alpha value is -4.53. The zero-order chi connectivity index (χ0) is 25.7. The molecule has 3 aromatic carbocycles. The lowest BCUT2D eigenvalue weighted by Gasteiger charge is -2.14. The molecule has 36 heavy (non-hydrogen) atoms. The molecule has 0 spiro atoms. The van der Waals surface area contributed by atoms with Crippen molar-refractivity contribution in [1.82, 2.24) is 4.98 Å². The van der Waals surface area contributed by atoms with Gasteiger partial charge < -0.3 is 20.9 Å². The van der Waals surface area contributed by atoms with Crippen LogP contribution in [0.3, 0.4) is 0 Å². The molecule has 184 valence electrons. The van der Waals surface area contributed by atoms with Gasteiger partial charge >= 0.3 is 6.18 Å². The van der Waals surface area contributed by atoms with Crippen LogP contribution in [0, 0.1) is 0 Å². The SMILES string of the molecule is Nc1ccc(O)c(CCOc2ccc(NC(=O)c3cc(C(F)(F)F)ccc3-c3ccccc3)cc2)n1. The van der Waals surface area contributed by atoms with E-state index in [0.717, 1.165) is 12.1 Å². The highest BCUT2D eigenvalue weighted by molar-refractivity contribution is 6.09. The number of carbonyl (C=O) groups excluding carboxylic acids is 1. The summed E-state index contributed by atoms with van der Waals surface area (Å²) >= 11 is 0. The summed E-state index contributed by atoms with van der Waals surface area (Å²) in [5, 5.41) is 12.5. The molecule has 1 aromatic heterocycles. The van der Waals surface area contributed by atoms with Gasteiger partial charge in [0.25, 0.3) is 5.91 Å². The number of nitrogens with zero attached hydrogens (tertiary/aromatic N) is 1. The van der Waals surface area contributed by atoms with E-state index in [1.807, 2.05) is 0 Å². The first-order chi connectivity index (χ1) is 17.2. The van der Waals surface area contributed by atoms with Gasteiger partial charge in [-0.25, -0.2) is 4.98 Å². The Kier molecular flexibility index (Phi) is 7.10. The van der Waals surface area contributed by atoms with E-state index in [9.17, 15) is 23.1 Å². The fraction of sp³-hybridized carbons (Fsp3) is 0.111. The summed E-state index contributed by atoms with van der Waals surface area (Å²) in [4.78, 5) is 17.1. The highest BCUT2D eigenvalue weighted by Gasteiger charge is 2.32. The molecule has 0 atom stereocenters. The van der Waals surface area contributed by atoms with Crippen molar-refractivity contribution in [1.29, 1.82) is 0 Å². The van der Waals surface area contributed by atoms with Gasteiger partial charge in [-0.1, -0.05) is 36.4 Å². The van der Waals surface area contributed by atoms with E-state index in [1.165, 1.54) is 18.2 Å². The first kappa shape index (κ1) is 24.6. The molecule has 1 heterocycles. The van der Waals surface area contributed by atoms with Gasteiger partial charge in [-0.15, -0.1) is 0 Å². The molecule has 0 saturated carbocycles. The lowest BCUT2D eigenvalue weighted by atomic mass is 9.96. The largest absolute Gasteiger partial charge is 0.506 e. The molecule has 6 nitrogen and oxygen atoms in total. The number of nitrogens with two attached hydrogens (primary N) is 1. The minimum Gasteiger partial charge on any atom is -0.506 e. The Balaban J connectivity index is 1.47. The number of alkyl halides is 3. The Morgan fingerprint density at radius 3 is 2.39 bits per heavy atom. The van der Waals surface area contributed by atoms with Crippen LogP contribution in [0.2, 0.25) is 0 Å². The van der Waals surface area contributed by atoms with Crippen LogP contribution in [0.25, 0.3) is 11.1 Å². The van der Waals surface area contributed by atoms with Crippen molar-refractivity contribution < 1.29 is 27.8 Å². The Bertz CT molecular complexity index is 1360. The fourth-order valence-electron chi connectivity index (χ4n) is 3.57. The maximum Gasteiger partial charge on any atom is 0.416 e. The average Bonchev–Trinajstić information content (AvgIpc) is 2.87. The molecule has 0 fully saturated rings. The Labute approximate surface area is 205 Å². The zero-order valence-electron chi connectivity index (χ0n) is 18.9. The number of anilines is 2. The number of carbonyl (C=O) groups is 1. The molecule has 4 aromatic rings. The monoisotopic (exact) mass is 493 g/mol. The maximum atomic E-state index is 13.3. The summed E-state index contributed by atoms with van der Waals surface area (Å²) < 4.78 is 45.6. The molecule has 0 radical (unpaired) electrons. The summed E-state index contributed by atoms with van der Waals surface area (Å²) in [6, 6.07) is 21.2. The van der Waals surface area contributed by atoms with Gasteiger partial charge in [0.15, 0.2) is 0 Å². The highest BCUT2D eigenvalue weighted by Crippen LogP contribution is 2.34. The second kappa shape index (κ2) is 10.4. The Morgan fingerprint density at radius 2 is 1.69 bits per heavy atom. The van der Waals surface area contributed by atoms with Gasteiger partial charge in [0.2, 0.25) is 0 Å². The van der Waals surface area contributed by atoms with Crippen molar-refractivity contribution in [2.75, 3.05) is 17.7 Å². The number of rotatable bonds is 7. The van der Waals surface area contributed by atoms with Crippen LogP contribution in [0.4, 0.5) is 24.7 Å². The highest BCUT2D eigenvalue weighted by atomic mass is 19.4. The van der Waals surface area contributed by atoms with Gasteiger partial charge in [-0.3, -0.25) is 4.79 Å². The van der Waals surface area contributed by atoms with Gasteiger partial charge in [-0.2, -0.15) is 13.2 Å². The van der Waals surface area contributed by atoms with Crippen LogP contribution >= 0.6 is 0 Å². The lowest BCUT2D eigenvalue weighted by Crippen LogP contribution is -2.15. The van der Waals surface area contributed by atoms with Crippen molar-refractivity contribution in [3.63, 3.8) is 0 Å². The van der Waals surface area contributed by atoms with Crippen molar-refractivity contribution in [2.45, 2.75) is 12.6 Å². The third-order valence-electron chi connectivity index (χ3n) is 5.37. The molecule has 1 amide bonds. The van der Waals surface area contributed by atoms with Crippen molar-refractivity contribution in [3.8, 4) is 22.6 Å². The number of hydrogen-bond acceptors (Lipinski definition) is 5. The van der Waals surface area contributed by atoms with Crippen LogP contribution in [-0.4, -0.2) is 22.6 Å². The number of amides is 1. The molecule has 0 aliphatic carbocycles. The predicted octanol–water partition coefficient (Wildman–Crippen LogP) is 5.93. The minimum absolute atomic E-state index is 0.0234. The van der Waals surface area contributed by atoms with E-state index in [2.05, 4.69) is 10.3 Å². The van der Waals surface area contributed by atoms with Gasteiger partial charge in [0.1, 0.15) is 17.3 Å². The predicted molar refractivity (Wildman–Crippen MR) is 131 cm³/mol. The third kappa shape index (κ3) is 5.93. The number of nitrogen functional groups attached to an aromatic ring is 1. The quantitative estimate of drug-likeness (QED) is 0.297. The molecule has 4 rings (SSSR count). The summed E-state index contributed by atoms with van der Waals surface area (Å²) in [5.41, 5.74) is 6.44. The first-order valence-electron chi connectivity index (χ1n) is 11.0. The van der Waals surface area contributed by atoms with Gasteiger partial charge in [-0.05, 0) is 59.7 Å².